The van der Waals surface area contributed by atoms with E-state index in [9.17, 15) is 17.0 Å². The van der Waals surface area contributed by atoms with Gasteiger partial charge in [-0.25, -0.2) is 0 Å². The third kappa shape index (κ3) is 7.60. The Labute approximate surface area is 395 Å². The van der Waals surface area contributed by atoms with E-state index in [1.807, 2.05) is 0 Å². The molecule has 0 aromatic heterocycles. The molecule has 0 saturated carbocycles. The van der Waals surface area contributed by atoms with Crippen molar-refractivity contribution >= 4 is 52.3 Å². The van der Waals surface area contributed by atoms with Crippen molar-refractivity contribution in [2.75, 3.05) is 0 Å². The van der Waals surface area contributed by atoms with Crippen LogP contribution >= 0.6 is 17.0 Å². The summed E-state index contributed by atoms with van der Waals surface area (Å²) < 4.78 is 1.14. The summed E-state index contributed by atoms with van der Waals surface area (Å²) in [5, 5.41) is 3.00. The van der Waals surface area contributed by atoms with Crippen LogP contribution < -0.4 is 13.6 Å². The predicted octanol–water partition coefficient (Wildman–Crippen LogP) is 15.1. The molecule has 0 radical (unpaired) electrons. The van der Waals surface area contributed by atoms with Crippen molar-refractivity contribution in [1.82, 2.24) is 0 Å². The van der Waals surface area contributed by atoms with Crippen LogP contribution in [0.2, 0.25) is 0 Å². The van der Waals surface area contributed by atoms with Crippen LogP contribution in [0, 0.1) is 11.8 Å². The third-order valence-electron chi connectivity index (χ3n) is 14.8. The maximum atomic E-state index is 9.60. The van der Waals surface area contributed by atoms with E-state index < -0.39 is 25.9 Å². The Kier molecular flexibility index (Phi) is 13.0. The van der Waals surface area contributed by atoms with Crippen LogP contribution in [0.15, 0.2) is 126 Å². The van der Waals surface area contributed by atoms with E-state index in [4.69, 9.17) is 0 Å². The van der Waals surface area contributed by atoms with E-state index >= 15 is 0 Å². The van der Waals surface area contributed by atoms with Gasteiger partial charge in [0.15, 0.2) is 0 Å². The molecular formula is C60H67Cl2SiZr. The van der Waals surface area contributed by atoms with Gasteiger partial charge in [-0.15, -0.1) is 0 Å². The van der Waals surface area contributed by atoms with E-state index in [-0.39, 0.29) is 7.25 Å². The molecule has 0 saturated heterocycles. The van der Waals surface area contributed by atoms with Crippen LogP contribution in [0.25, 0.3) is 45.5 Å². The molecule has 0 fully saturated rings. The third-order valence-corrected chi connectivity index (χ3v) is 37.6. The Balaban J connectivity index is 1.42. The molecule has 4 heteroatoms. The number of fused-ring (bicyclic) bond motifs is 5. The molecule has 0 bridgehead atoms. The summed E-state index contributed by atoms with van der Waals surface area (Å²) >= 11 is -5.75. The normalized spacial score (nSPS) is 17.3. The first kappa shape index (κ1) is 45.6. The van der Waals surface area contributed by atoms with Crippen molar-refractivity contribution in [2.45, 2.75) is 114 Å². The molecule has 1 heterocycles. The van der Waals surface area contributed by atoms with Gasteiger partial charge in [0.2, 0.25) is 0 Å². The molecule has 0 spiro atoms. The number of hydrogen-bond acceptors (Lipinski definition) is 0. The van der Waals surface area contributed by atoms with Crippen LogP contribution in [0.5, 0.6) is 0 Å². The average Bonchev–Trinajstić information content (AvgIpc) is 3.98. The number of rotatable bonds is 15. The first-order valence-corrected chi connectivity index (χ1v) is 36.4. The summed E-state index contributed by atoms with van der Waals surface area (Å²) in [6.07, 6.45) is 13.4. The van der Waals surface area contributed by atoms with Crippen molar-refractivity contribution in [1.29, 1.82) is 0 Å². The average molecular weight is 978 g/mol. The summed E-state index contributed by atoms with van der Waals surface area (Å²) in [6, 6.07) is 44.5. The molecule has 6 aromatic rings. The minimum absolute atomic E-state index is 0.0946. The monoisotopic (exact) mass is 975 g/mol. The zero-order valence-corrected chi connectivity index (χ0v) is 44.9. The van der Waals surface area contributed by atoms with Crippen molar-refractivity contribution < 1.29 is 16.4 Å². The molecule has 2 unspecified atom stereocenters. The Hall–Kier alpha value is -3.52. The van der Waals surface area contributed by atoms with Gasteiger partial charge in [-0.1, -0.05) is 0 Å². The van der Waals surface area contributed by atoms with E-state index in [1.165, 1.54) is 103 Å². The standard InChI is InChI=1S/2C24H29.C12H9Si.2ClH.Zr/c2*1-5-9-20-12-13-21-15-18(14-17(3)4)16-23(21)24(20)22-11-8-7-10-19(22)6-2;1-3-7-11-9(5-1)10-6-2-4-8-12(10)13-11;;;/h2*7-8,10-13,15-17H,5-6,9,14H2,1-4H3;1-7H,13H2;2*1H;/q;;;;;+2/p-2. The summed E-state index contributed by atoms with van der Waals surface area (Å²) in [6.45, 7) is 18.8. The Morgan fingerprint density at radius 3 is 1.42 bits per heavy atom. The quantitative estimate of drug-likeness (QED) is 0.0898. The van der Waals surface area contributed by atoms with Gasteiger partial charge in [0.05, 0.1) is 0 Å². The SMILES string of the molecule is CCCc1ccc2c(c1-c1ccccc1CC)C=C(CC(C)C)[CH]2[Zr]([Cl])([Cl])([c]1cccc2c1[SiH2]c1ccccc1-2)[CH]1C(CC(C)C)=Cc2c1ccc(CCC)c2-c1ccccc1CC. The summed E-state index contributed by atoms with van der Waals surface area (Å²) in [5.41, 5.74) is 22.3. The molecule has 0 nitrogen and oxygen atoms in total. The minimum atomic E-state index is -5.75. The molecule has 329 valence electrons. The van der Waals surface area contributed by atoms with Crippen LogP contribution in [0.4, 0.5) is 0 Å². The van der Waals surface area contributed by atoms with Crippen LogP contribution in [0.1, 0.15) is 133 Å². The number of aryl methyl sites for hydroxylation is 4. The molecule has 6 aromatic carbocycles. The van der Waals surface area contributed by atoms with Crippen molar-refractivity contribution in [2.24, 2.45) is 11.8 Å². The molecule has 0 N–H and O–H groups in total. The molecule has 2 atom stereocenters. The van der Waals surface area contributed by atoms with E-state index in [2.05, 4.69) is 183 Å². The van der Waals surface area contributed by atoms with Gasteiger partial charge in [-0.05, 0) is 0 Å². The summed E-state index contributed by atoms with van der Waals surface area (Å²) in [5.74, 6) is 0.875. The second-order valence-electron chi connectivity index (χ2n) is 20.0. The molecular weight excluding hydrogens is 911 g/mol. The van der Waals surface area contributed by atoms with Gasteiger partial charge in [-0.2, -0.15) is 0 Å². The number of allylic oxidation sites excluding steroid dienone is 2. The molecule has 64 heavy (non-hydrogen) atoms. The van der Waals surface area contributed by atoms with Gasteiger partial charge in [0.25, 0.3) is 0 Å². The molecule has 1 aliphatic heterocycles. The van der Waals surface area contributed by atoms with Crippen LogP contribution in [-0.2, 0) is 42.1 Å². The van der Waals surface area contributed by atoms with Crippen molar-refractivity contribution in [3.8, 4) is 33.4 Å². The Bertz CT molecular complexity index is 2680. The molecule has 9 rings (SSSR count). The second kappa shape index (κ2) is 18.3. The Morgan fingerprint density at radius 1 is 0.500 bits per heavy atom. The van der Waals surface area contributed by atoms with Gasteiger partial charge < -0.3 is 0 Å². The van der Waals surface area contributed by atoms with Crippen LogP contribution in [-0.4, -0.2) is 9.52 Å². The fourth-order valence-electron chi connectivity index (χ4n) is 12.5. The number of halogens is 2. The first-order chi connectivity index (χ1) is 30.9. The number of hydrogen-bond donors (Lipinski definition) is 0. The second-order valence-corrected chi connectivity index (χ2v) is 42.5. The van der Waals surface area contributed by atoms with Gasteiger partial charge in [-0.3, -0.25) is 0 Å². The first-order valence-electron chi connectivity index (χ1n) is 24.6. The predicted molar refractivity (Wildman–Crippen MR) is 282 cm³/mol. The summed E-state index contributed by atoms with van der Waals surface area (Å²) in [4.78, 5) is 0. The number of benzene rings is 6. The fourth-order valence-corrected chi connectivity index (χ4v) is 40.3. The van der Waals surface area contributed by atoms with E-state index in [0.29, 0.717) is 11.8 Å². The van der Waals surface area contributed by atoms with Crippen LogP contribution in [0.3, 0.4) is 0 Å². The molecule has 0 amide bonds. The summed E-state index contributed by atoms with van der Waals surface area (Å²) in [7, 11) is 18.3. The zero-order valence-electron chi connectivity index (χ0n) is 39.6. The van der Waals surface area contributed by atoms with Gasteiger partial charge in [0, 0.05) is 0 Å². The van der Waals surface area contributed by atoms with E-state index in [1.54, 1.807) is 0 Å². The Morgan fingerprint density at radius 2 is 0.953 bits per heavy atom. The fraction of sp³-hybridized carbons (Fsp3) is 0.333. The molecule has 2 aliphatic carbocycles. The zero-order chi connectivity index (χ0) is 44.9. The van der Waals surface area contributed by atoms with Gasteiger partial charge in [0.1, 0.15) is 0 Å². The molecule has 3 aliphatic rings. The van der Waals surface area contributed by atoms with Crippen molar-refractivity contribution in [3.05, 3.63) is 171 Å². The van der Waals surface area contributed by atoms with Crippen molar-refractivity contribution in [3.63, 3.8) is 0 Å². The van der Waals surface area contributed by atoms with Gasteiger partial charge >= 0.3 is 399 Å². The van der Waals surface area contributed by atoms with E-state index in [0.717, 1.165) is 51.4 Å². The topological polar surface area (TPSA) is 0 Å². The maximum absolute atomic E-state index is 9.60.